The molecule has 0 spiro atoms. The van der Waals surface area contributed by atoms with E-state index in [9.17, 15) is 8.42 Å². The molecule has 0 atom stereocenters. The van der Waals surface area contributed by atoms with Crippen LogP contribution in [0.15, 0.2) is 53.9 Å². The van der Waals surface area contributed by atoms with Crippen molar-refractivity contribution in [2.24, 2.45) is 0 Å². The molecule has 0 aliphatic carbocycles. The number of aryl methyl sites for hydroxylation is 2. The third-order valence-corrected chi connectivity index (χ3v) is 6.66. The molecule has 2 aromatic heterocycles. The van der Waals surface area contributed by atoms with Crippen molar-refractivity contribution in [1.29, 1.82) is 0 Å². The minimum atomic E-state index is -3.48. The van der Waals surface area contributed by atoms with Crippen molar-refractivity contribution in [1.82, 2.24) is 23.8 Å². The Kier molecular flexibility index (Phi) is 4.86. The fraction of sp³-hybridized carbons (Fsp3) is 0.316. The summed E-state index contributed by atoms with van der Waals surface area (Å²) in [7, 11) is -3.48. The maximum absolute atomic E-state index is 12.9. The van der Waals surface area contributed by atoms with Gasteiger partial charge in [-0.2, -0.15) is 4.31 Å². The second kappa shape index (κ2) is 7.33. The maximum atomic E-state index is 12.9. The SMILES string of the molecule is Cc1cccc(S(=O)(=O)N2CCN(c3cc(-n4ccnc4)nc(C)n3)CC2)c1. The van der Waals surface area contributed by atoms with Crippen LogP contribution in [0.25, 0.3) is 5.82 Å². The predicted octanol–water partition coefficient (Wildman–Crippen LogP) is 1.79. The molecule has 1 aliphatic rings. The first kappa shape index (κ1) is 18.6. The summed E-state index contributed by atoms with van der Waals surface area (Å²) in [6.45, 7) is 5.73. The molecule has 0 amide bonds. The molecular weight excluding hydrogens is 376 g/mol. The van der Waals surface area contributed by atoms with E-state index in [1.807, 2.05) is 36.7 Å². The lowest BCUT2D eigenvalue weighted by Gasteiger charge is -2.34. The van der Waals surface area contributed by atoms with E-state index >= 15 is 0 Å². The summed E-state index contributed by atoms with van der Waals surface area (Å²) in [5, 5.41) is 0. The Labute approximate surface area is 164 Å². The average molecular weight is 398 g/mol. The van der Waals surface area contributed by atoms with Crippen molar-refractivity contribution in [3.05, 3.63) is 60.4 Å². The van der Waals surface area contributed by atoms with E-state index in [0.717, 1.165) is 17.2 Å². The highest BCUT2D eigenvalue weighted by molar-refractivity contribution is 7.89. The maximum Gasteiger partial charge on any atom is 0.243 e. The Morgan fingerprint density at radius 1 is 0.964 bits per heavy atom. The summed E-state index contributed by atoms with van der Waals surface area (Å²) in [4.78, 5) is 15.5. The minimum absolute atomic E-state index is 0.348. The number of anilines is 1. The second-order valence-corrected chi connectivity index (χ2v) is 8.75. The van der Waals surface area contributed by atoms with Gasteiger partial charge in [-0.1, -0.05) is 12.1 Å². The molecule has 1 fully saturated rings. The fourth-order valence-electron chi connectivity index (χ4n) is 3.31. The zero-order valence-corrected chi connectivity index (χ0v) is 16.7. The van der Waals surface area contributed by atoms with Crippen LogP contribution in [0, 0.1) is 13.8 Å². The zero-order chi connectivity index (χ0) is 19.7. The highest BCUT2D eigenvalue weighted by Crippen LogP contribution is 2.22. The Morgan fingerprint density at radius 2 is 1.71 bits per heavy atom. The Balaban J connectivity index is 1.52. The van der Waals surface area contributed by atoms with Crippen LogP contribution in [0.4, 0.5) is 5.82 Å². The van der Waals surface area contributed by atoms with Gasteiger partial charge in [0.15, 0.2) is 0 Å². The molecule has 3 aromatic rings. The summed E-state index contributed by atoms with van der Waals surface area (Å²) < 4.78 is 29.2. The van der Waals surface area contributed by atoms with Gasteiger partial charge in [0.2, 0.25) is 10.0 Å². The number of hydrogen-bond donors (Lipinski definition) is 0. The number of benzene rings is 1. The van der Waals surface area contributed by atoms with Crippen LogP contribution in [0.1, 0.15) is 11.4 Å². The molecule has 1 saturated heterocycles. The van der Waals surface area contributed by atoms with E-state index in [4.69, 9.17) is 0 Å². The summed E-state index contributed by atoms with van der Waals surface area (Å²) in [6.07, 6.45) is 5.22. The highest BCUT2D eigenvalue weighted by atomic mass is 32.2. The number of rotatable bonds is 4. The molecular formula is C19H22N6O2S. The summed E-state index contributed by atoms with van der Waals surface area (Å²) in [6, 6.07) is 8.94. The van der Waals surface area contributed by atoms with Crippen molar-refractivity contribution in [3.63, 3.8) is 0 Å². The smallest absolute Gasteiger partial charge is 0.243 e. The topological polar surface area (TPSA) is 84.2 Å². The third kappa shape index (κ3) is 3.63. The van der Waals surface area contributed by atoms with Crippen LogP contribution in [-0.2, 0) is 10.0 Å². The van der Waals surface area contributed by atoms with Crippen molar-refractivity contribution in [2.45, 2.75) is 18.7 Å². The van der Waals surface area contributed by atoms with Crippen LogP contribution in [0.5, 0.6) is 0 Å². The lowest BCUT2D eigenvalue weighted by molar-refractivity contribution is 0.383. The van der Waals surface area contributed by atoms with Gasteiger partial charge in [-0.3, -0.25) is 4.57 Å². The van der Waals surface area contributed by atoms with Crippen LogP contribution in [0.3, 0.4) is 0 Å². The van der Waals surface area contributed by atoms with Gasteiger partial charge in [-0.05, 0) is 31.5 Å². The third-order valence-electron chi connectivity index (χ3n) is 4.77. The Hall–Kier alpha value is -2.78. The Morgan fingerprint density at radius 3 is 2.39 bits per heavy atom. The largest absolute Gasteiger partial charge is 0.354 e. The lowest BCUT2D eigenvalue weighted by atomic mass is 10.2. The highest BCUT2D eigenvalue weighted by Gasteiger charge is 2.29. The molecule has 0 radical (unpaired) electrons. The Bertz CT molecular complexity index is 1070. The molecule has 1 aliphatic heterocycles. The molecule has 0 N–H and O–H groups in total. The normalized spacial score (nSPS) is 15.7. The van der Waals surface area contributed by atoms with E-state index < -0.39 is 10.0 Å². The molecule has 4 rings (SSSR count). The predicted molar refractivity (Wildman–Crippen MR) is 106 cm³/mol. The van der Waals surface area contributed by atoms with Crippen molar-refractivity contribution in [2.75, 3.05) is 31.1 Å². The standard InChI is InChI=1S/C19H22N6O2S/c1-15-4-3-5-17(12-15)28(26,27)25-10-8-23(9-11-25)18-13-19(22-16(2)21-18)24-7-6-20-14-24/h3-7,12-14H,8-11H2,1-2H3. The quantitative estimate of drug-likeness (QED) is 0.666. The zero-order valence-electron chi connectivity index (χ0n) is 15.9. The lowest BCUT2D eigenvalue weighted by Crippen LogP contribution is -2.49. The fourth-order valence-corrected chi connectivity index (χ4v) is 4.84. The summed E-state index contributed by atoms with van der Waals surface area (Å²) >= 11 is 0. The molecule has 0 saturated carbocycles. The van der Waals surface area contributed by atoms with Crippen molar-refractivity contribution < 1.29 is 8.42 Å². The molecule has 0 unspecified atom stereocenters. The first-order valence-electron chi connectivity index (χ1n) is 9.09. The van der Waals surface area contributed by atoms with Crippen LogP contribution in [0.2, 0.25) is 0 Å². The van der Waals surface area contributed by atoms with E-state index in [2.05, 4.69) is 19.9 Å². The van der Waals surface area contributed by atoms with Crippen molar-refractivity contribution in [3.8, 4) is 5.82 Å². The van der Waals surface area contributed by atoms with Crippen LogP contribution in [-0.4, -0.2) is 58.4 Å². The molecule has 9 heteroatoms. The van der Waals surface area contributed by atoms with E-state index in [-0.39, 0.29) is 0 Å². The van der Waals surface area contributed by atoms with Gasteiger partial charge in [-0.25, -0.2) is 23.4 Å². The van der Waals surface area contributed by atoms with Crippen LogP contribution < -0.4 is 4.90 Å². The van der Waals surface area contributed by atoms with Crippen molar-refractivity contribution >= 4 is 15.8 Å². The van der Waals surface area contributed by atoms with Gasteiger partial charge in [0.05, 0.1) is 4.90 Å². The van der Waals surface area contributed by atoms with Gasteiger partial charge in [-0.15, -0.1) is 0 Å². The summed E-state index contributed by atoms with van der Waals surface area (Å²) in [5.74, 6) is 2.20. The molecule has 1 aromatic carbocycles. The average Bonchev–Trinajstić information content (AvgIpc) is 3.22. The van der Waals surface area contributed by atoms with Crippen LogP contribution >= 0.6 is 0 Å². The van der Waals surface area contributed by atoms with Gasteiger partial charge < -0.3 is 4.90 Å². The number of aromatic nitrogens is 4. The first-order valence-corrected chi connectivity index (χ1v) is 10.5. The van der Waals surface area contributed by atoms with E-state index in [0.29, 0.717) is 36.9 Å². The van der Waals surface area contributed by atoms with Gasteiger partial charge in [0.1, 0.15) is 23.8 Å². The van der Waals surface area contributed by atoms with Gasteiger partial charge in [0.25, 0.3) is 0 Å². The number of piperazine rings is 1. The summed E-state index contributed by atoms with van der Waals surface area (Å²) in [5.41, 5.74) is 0.934. The monoisotopic (exact) mass is 398 g/mol. The number of hydrogen-bond acceptors (Lipinski definition) is 6. The molecule has 3 heterocycles. The van der Waals surface area contributed by atoms with Gasteiger partial charge >= 0.3 is 0 Å². The molecule has 146 valence electrons. The first-order chi connectivity index (χ1) is 13.4. The van der Waals surface area contributed by atoms with E-state index in [1.54, 1.807) is 35.0 Å². The number of nitrogens with zero attached hydrogens (tertiary/aromatic N) is 6. The molecule has 0 bridgehead atoms. The second-order valence-electron chi connectivity index (χ2n) is 6.81. The van der Waals surface area contributed by atoms with E-state index in [1.165, 1.54) is 0 Å². The number of sulfonamides is 1. The molecule has 8 nitrogen and oxygen atoms in total. The minimum Gasteiger partial charge on any atom is -0.354 e. The molecule has 28 heavy (non-hydrogen) atoms. The van der Waals surface area contributed by atoms with Gasteiger partial charge in [0, 0.05) is 44.6 Å². The number of imidazole rings is 1.